The summed E-state index contributed by atoms with van der Waals surface area (Å²) in [5.41, 5.74) is 0. The molecule has 0 spiro atoms. The molecule has 3 atom stereocenters. The molecule has 2 fully saturated rings. The van der Waals surface area contributed by atoms with Crippen molar-refractivity contribution < 1.29 is 4.79 Å². The summed E-state index contributed by atoms with van der Waals surface area (Å²) in [6.07, 6.45) is 6.81. The molecule has 2 heterocycles. The van der Waals surface area contributed by atoms with Crippen LogP contribution in [-0.4, -0.2) is 48.6 Å². The van der Waals surface area contributed by atoms with E-state index < -0.39 is 0 Å². The van der Waals surface area contributed by atoms with Crippen LogP contribution in [0.15, 0.2) is 0 Å². The zero-order valence-electron chi connectivity index (χ0n) is 12.6. The predicted octanol–water partition coefficient (Wildman–Crippen LogP) is 1.51. The van der Waals surface area contributed by atoms with Crippen molar-refractivity contribution in [2.45, 2.75) is 76.5 Å². The molecule has 0 aromatic carbocycles. The lowest BCUT2D eigenvalue weighted by Gasteiger charge is -2.36. The number of hydrogen-bond donors (Lipinski definition) is 2. The van der Waals surface area contributed by atoms with Gasteiger partial charge in [0.1, 0.15) is 0 Å². The molecule has 2 bridgehead atoms. The maximum absolute atomic E-state index is 11.7. The van der Waals surface area contributed by atoms with Crippen molar-refractivity contribution in [2.24, 2.45) is 0 Å². The van der Waals surface area contributed by atoms with Crippen LogP contribution in [0.4, 0.5) is 0 Å². The van der Waals surface area contributed by atoms with Crippen LogP contribution in [-0.2, 0) is 4.79 Å². The monoisotopic (exact) mass is 267 g/mol. The molecule has 0 aliphatic carbocycles. The van der Waals surface area contributed by atoms with Gasteiger partial charge in [0, 0.05) is 37.1 Å². The number of carbonyl (C=O) groups is 1. The largest absolute Gasteiger partial charge is 0.354 e. The number of fused-ring (bicyclic) bond motifs is 2. The van der Waals surface area contributed by atoms with Gasteiger partial charge in [-0.1, -0.05) is 6.92 Å². The van der Waals surface area contributed by atoms with E-state index in [1.54, 1.807) is 0 Å². The molecule has 4 heteroatoms. The first-order valence-electron chi connectivity index (χ1n) is 7.84. The van der Waals surface area contributed by atoms with E-state index in [1.165, 1.54) is 25.7 Å². The minimum Gasteiger partial charge on any atom is -0.354 e. The molecule has 0 radical (unpaired) electrons. The highest BCUT2D eigenvalue weighted by Gasteiger charge is 2.37. The second kappa shape index (κ2) is 6.71. The van der Waals surface area contributed by atoms with E-state index in [1.807, 2.05) is 0 Å². The summed E-state index contributed by atoms with van der Waals surface area (Å²) in [5.74, 6) is 0.178. The van der Waals surface area contributed by atoms with Crippen LogP contribution in [0, 0.1) is 0 Å². The van der Waals surface area contributed by atoms with Gasteiger partial charge in [-0.3, -0.25) is 4.79 Å². The van der Waals surface area contributed by atoms with E-state index in [0.29, 0.717) is 18.5 Å². The van der Waals surface area contributed by atoms with Crippen molar-refractivity contribution >= 4 is 5.91 Å². The average Bonchev–Trinajstić information content (AvgIpc) is 2.62. The molecule has 19 heavy (non-hydrogen) atoms. The first kappa shape index (κ1) is 14.8. The zero-order valence-corrected chi connectivity index (χ0v) is 12.6. The summed E-state index contributed by atoms with van der Waals surface area (Å²) in [6, 6.07) is 2.45. The van der Waals surface area contributed by atoms with Crippen molar-refractivity contribution in [1.82, 2.24) is 15.5 Å². The molecular formula is C15H29N3O. The van der Waals surface area contributed by atoms with E-state index in [2.05, 4.69) is 36.4 Å². The molecule has 2 rings (SSSR count). The number of rotatable bonds is 6. The molecule has 0 aromatic rings. The van der Waals surface area contributed by atoms with Gasteiger partial charge in [0.25, 0.3) is 0 Å². The topological polar surface area (TPSA) is 44.4 Å². The van der Waals surface area contributed by atoms with Crippen LogP contribution < -0.4 is 10.6 Å². The van der Waals surface area contributed by atoms with Gasteiger partial charge in [0.05, 0.1) is 0 Å². The van der Waals surface area contributed by atoms with Gasteiger partial charge in [-0.05, 0) is 46.1 Å². The number of carbonyl (C=O) groups excluding carboxylic acids is 1. The number of amides is 1. The smallest absolute Gasteiger partial charge is 0.221 e. The van der Waals surface area contributed by atoms with Crippen LogP contribution in [0.2, 0.25) is 0 Å². The third kappa shape index (κ3) is 3.93. The van der Waals surface area contributed by atoms with E-state index in [0.717, 1.165) is 25.0 Å². The van der Waals surface area contributed by atoms with Gasteiger partial charge in [0.15, 0.2) is 0 Å². The fourth-order valence-corrected chi connectivity index (χ4v) is 3.42. The Kier molecular flexibility index (Phi) is 5.22. The molecule has 4 nitrogen and oxygen atoms in total. The highest BCUT2D eigenvalue weighted by molar-refractivity contribution is 5.76. The zero-order chi connectivity index (χ0) is 13.8. The van der Waals surface area contributed by atoms with Gasteiger partial charge in [0.2, 0.25) is 5.91 Å². The summed E-state index contributed by atoms with van der Waals surface area (Å²) < 4.78 is 0. The van der Waals surface area contributed by atoms with Gasteiger partial charge in [-0.15, -0.1) is 0 Å². The van der Waals surface area contributed by atoms with Crippen molar-refractivity contribution in [3.05, 3.63) is 0 Å². The molecule has 0 saturated carbocycles. The molecule has 110 valence electrons. The van der Waals surface area contributed by atoms with Crippen molar-refractivity contribution in [3.8, 4) is 0 Å². The minimum atomic E-state index is 0.178. The number of hydrogen-bond acceptors (Lipinski definition) is 3. The summed E-state index contributed by atoms with van der Waals surface area (Å²) in [5, 5.41) is 6.59. The first-order valence-corrected chi connectivity index (χ1v) is 7.84. The van der Waals surface area contributed by atoms with Crippen LogP contribution in [0.1, 0.15) is 52.4 Å². The fraction of sp³-hybridized carbons (Fsp3) is 0.933. The minimum absolute atomic E-state index is 0.178. The number of nitrogens with zero attached hydrogens (tertiary/aromatic N) is 1. The van der Waals surface area contributed by atoms with Crippen LogP contribution in [0.3, 0.4) is 0 Å². The lowest BCUT2D eigenvalue weighted by molar-refractivity contribution is -0.121. The Morgan fingerprint density at radius 1 is 1.32 bits per heavy atom. The third-order valence-corrected chi connectivity index (χ3v) is 4.90. The molecule has 1 amide bonds. The Labute approximate surface area is 117 Å². The Morgan fingerprint density at radius 3 is 2.53 bits per heavy atom. The molecule has 2 aliphatic heterocycles. The van der Waals surface area contributed by atoms with Crippen LogP contribution in [0.25, 0.3) is 0 Å². The average molecular weight is 267 g/mol. The molecule has 3 unspecified atom stereocenters. The van der Waals surface area contributed by atoms with Gasteiger partial charge >= 0.3 is 0 Å². The lowest BCUT2D eigenvalue weighted by Crippen LogP contribution is -2.47. The molecular weight excluding hydrogens is 238 g/mol. The standard InChI is InChI=1S/C15H29N3O/c1-4-11(2)17-15(19)7-8-16-12-9-13-5-6-14(10-12)18(13)3/h11-14,16H,4-10H2,1-3H3,(H,17,19). The normalized spacial score (nSPS) is 32.3. The van der Waals surface area contributed by atoms with Gasteiger partial charge in [-0.25, -0.2) is 0 Å². The van der Waals surface area contributed by atoms with Crippen molar-refractivity contribution in [1.29, 1.82) is 0 Å². The Morgan fingerprint density at radius 2 is 1.95 bits per heavy atom. The summed E-state index contributed by atoms with van der Waals surface area (Å²) >= 11 is 0. The second-order valence-electron chi connectivity index (χ2n) is 6.30. The van der Waals surface area contributed by atoms with Gasteiger partial charge in [-0.2, -0.15) is 0 Å². The SMILES string of the molecule is CCC(C)NC(=O)CCNC1CC2CCC(C1)N2C. The maximum atomic E-state index is 11.7. The van der Waals surface area contributed by atoms with E-state index in [-0.39, 0.29) is 5.91 Å². The highest BCUT2D eigenvalue weighted by Crippen LogP contribution is 2.34. The van der Waals surface area contributed by atoms with Crippen LogP contribution in [0.5, 0.6) is 0 Å². The number of nitrogens with one attached hydrogen (secondary N) is 2. The number of piperidine rings is 1. The highest BCUT2D eigenvalue weighted by atomic mass is 16.1. The van der Waals surface area contributed by atoms with Crippen LogP contribution >= 0.6 is 0 Å². The van der Waals surface area contributed by atoms with Crippen molar-refractivity contribution in [2.75, 3.05) is 13.6 Å². The lowest BCUT2D eigenvalue weighted by atomic mass is 9.98. The molecule has 0 aromatic heterocycles. The van der Waals surface area contributed by atoms with Crippen molar-refractivity contribution in [3.63, 3.8) is 0 Å². The summed E-state index contributed by atoms with van der Waals surface area (Å²) in [4.78, 5) is 14.2. The summed E-state index contributed by atoms with van der Waals surface area (Å²) in [6.45, 7) is 4.97. The van der Waals surface area contributed by atoms with E-state index in [4.69, 9.17) is 0 Å². The Balaban J connectivity index is 1.63. The van der Waals surface area contributed by atoms with E-state index >= 15 is 0 Å². The Bertz CT molecular complexity index is 294. The maximum Gasteiger partial charge on any atom is 0.221 e. The third-order valence-electron chi connectivity index (χ3n) is 4.90. The van der Waals surface area contributed by atoms with Gasteiger partial charge < -0.3 is 15.5 Å². The predicted molar refractivity (Wildman–Crippen MR) is 78.1 cm³/mol. The molecule has 2 saturated heterocycles. The van der Waals surface area contributed by atoms with E-state index in [9.17, 15) is 4.79 Å². The summed E-state index contributed by atoms with van der Waals surface area (Å²) in [7, 11) is 2.26. The quantitative estimate of drug-likeness (QED) is 0.766. The fourth-order valence-electron chi connectivity index (χ4n) is 3.42. The first-order chi connectivity index (χ1) is 9.10. The molecule has 2 aliphatic rings. The Hall–Kier alpha value is -0.610. The molecule has 2 N–H and O–H groups in total. The second-order valence-corrected chi connectivity index (χ2v) is 6.30.